The molecule has 2 rings (SSSR count). The van der Waals surface area contributed by atoms with E-state index >= 15 is 0 Å². The third kappa shape index (κ3) is 2.36. The lowest BCUT2D eigenvalue weighted by Crippen LogP contribution is -2.01. The summed E-state index contributed by atoms with van der Waals surface area (Å²) < 4.78 is 2.84. The van der Waals surface area contributed by atoms with Crippen LogP contribution in [0.1, 0.15) is 16.8 Å². The molecule has 2 nitrogen and oxygen atoms in total. The van der Waals surface area contributed by atoms with E-state index in [-0.39, 0.29) is 0 Å². The first-order valence-corrected chi connectivity index (χ1v) is 5.38. The van der Waals surface area contributed by atoms with E-state index < -0.39 is 0 Å². The summed E-state index contributed by atoms with van der Waals surface area (Å²) in [5, 5.41) is 3.22. The van der Waals surface area contributed by atoms with E-state index in [4.69, 9.17) is 12.2 Å². The SMILES string of the molecule is Cc1ccc(Cn2[nH]c(C)cc2=S)cc1. The number of rotatable bonds is 2. The van der Waals surface area contributed by atoms with Crippen LogP contribution < -0.4 is 0 Å². The molecule has 1 aromatic heterocycles. The van der Waals surface area contributed by atoms with Crippen molar-refractivity contribution in [2.24, 2.45) is 0 Å². The number of hydrogen-bond acceptors (Lipinski definition) is 1. The van der Waals surface area contributed by atoms with Crippen molar-refractivity contribution in [2.45, 2.75) is 20.4 Å². The topological polar surface area (TPSA) is 20.7 Å². The highest BCUT2D eigenvalue weighted by molar-refractivity contribution is 7.71. The number of H-pyrrole nitrogens is 1. The van der Waals surface area contributed by atoms with Crippen LogP contribution in [0.25, 0.3) is 0 Å². The van der Waals surface area contributed by atoms with Crippen LogP contribution in [-0.4, -0.2) is 9.78 Å². The zero-order valence-electron chi connectivity index (χ0n) is 8.95. The van der Waals surface area contributed by atoms with Gasteiger partial charge in [0.25, 0.3) is 0 Å². The molecule has 0 amide bonds. The fourth-order valence-corrected chi connectivity index (χ4v) is 1.84. The molecule has 0 spiro atoms. The molecule has 0 saturated heterocycles. The minimum absolute atomic E-state index is 0.812. The number of nitrogens with zero attached hydrogens (tertiary/aromatic N) is 1. The minimum Gasteiger partial charge on any atom is -0.302 e. The Morgan fingerprint density at radius 2 is 1.87 bits per heavy atom. The van der Waals surface area contributed by atoms with E-state index in [1.165, 1.54) is 11.1 Å². The molecule has 0 atom stereocenters. The first-order chi connectivity index (χ1) is 7.15. The summed E-state index contributed by atoms with van der Waals surface area (Å²) in [6.07, 6.45) is 0. The maximum Gasteiger partial charge on any atom is 0.122 e. The van der Waals surface area contributed by atoms with Gasteiger partial charge in [0.05, 0.1) is 6.54 Å². The smallest absolute Gasteiger partial charge is 0.122 e. The molecule has 0 aliphatic heterocycles. The fourth-order valence-electron chi connectivity index (χ4n) is 1.56. The number of aromatic amines is 1. The van der Waals surface area contributed by atoms with Crippen molar-refractivity contribution in [1.29, 1.82) is 0 Å². The lowest BCUT2D eigenvalue weighted by atomic mass is 10.1. The highest BCUT2D eigenvalue weighted by atomic mass is 32.1. The lowest BCUT2D eigenvalue weighted by Gasteiger charge is -2.03. The van der Waals surface area contributed by atoms with Gasteiger partial charge in [-0.05, 0) is 25.5 Å². The third-order valence-corrected chi connectivity index (χ3v) is 2.72. The van der Waals surface area contributed by atoms with Gasteiger partial charge in [-0.1, -0.05) is 42.0 Å². The first kappa shape index (κ1) is 10.2. The van der Waals surface area contributed by atoms with Gasteiger partial charge >= 0.3 is 0 Å². The van der Waals surface area contributed by atoms with Crippen molar-refractivity contribution < 1.29 is 0 Å². The number of hydrogen-bond donors (Lipinski definition) is 1. The zero-order chi connectivity index (χ0) is 10.8. The van der Waals surface area contributed by atoms with Crippen LogP contribution in [0.3, 0.4) is 0 Å². The molecule has 1 aromatic carbocycles. The molecule has 0 fully saturated rings. The molecule has 0 aliphatic carbocycles. The molecule has 78 valence electrons. The van der Waals surface area contributed by atoms with Gasteiger partial charge in [0.2, 0.25) is 0 Å². The average molecular weight is 218 g/mol. The van der Waals surface area contributed by atoms with E-state index in [1.807, 2.05) is 17.7 Å². The van der Waals surface area contributed by atoms with Crippen LogP contribution in [0.4, 0.5) is 0 Å². The van der Waals surface area contributed by atoms with Crippen molar-refractivity contribution >= 4 is 12.2 Å². The summed E-state index contributed by atoms with van der Waals surface area (Å²) in [5.74, 6) is 0. The second kappa shape index (κ2) is 4.03. The van der Waals surface area contributed by atoms with Crippen LogP contribution >= 0.6 is 12.2 Å². The van der Waals surface area contributed by atoms with Gasteiger partial charge in [-0.25, -0.2) is 0 Å². The van der Waals surface area contributed by atoms with E-state index in [9.17, 15) is 0 Å². The van der Waals surface area contributed by atoms with Crippen molar-refractivity contribution in [3.05, 3.63) is 51.8 Å². The number of aromatic nitrogens is 2. The predicted molar refractivity (Wildman–Crippen MR) is 64.6 cm³/mol. The Hall–Kier alpha value is -1.35. The largest absolute Gasteiger partial charge is 0.302 e. The molecule has 15 heavy (non-hydrogen) atoms. The summed E-state index contributed by atoms with van der Waals surface area (Å²) in [5.41, 5.74) is 3.65. The van der Waals surface area contributed by atoms with Crippen molar-refractivity contribution in [3.8, 4) is 0 Å². The molecule has 3 heteroatoms. The third-order valence-electron chi connectivity index (χ3n) is 2.38. The van der Waals surface area contributed by atoms with E-state index in [2.05, 4.69) is 36.3 Å². The number of benzene rings is 1. The zero-order valence-corrected chi connectivity index (χ0v) is 9.77. The maximum atomic E-state index is 5.23. The molecule has 2 aromatic rings. The first-order valence-electron chi connectivity index (χ1n) is 4.97. The standard InChI is InChI=1S/C12H14N2S/c1-9-3-5-11(6-4-9)8-14-12(15)7-10(2)13-14/h3-7,13H,8H2,1-2H3. The Morgan fingerprint density at radius 1 is 1.20 bits per heavy atom. The second-order valence-electron chi connectivity index (χ2n) is 3.85. The Kier molecular flexibility index (Phi) is 2.73. The normalized spacial score (nSPS) is 10.5. The predicted octanol–water partition coefficient (Wildman–Crippen LogP) is 3.21. The van der Waals surface area contributed by atoms with Crippen molar-refractivity contribution in [3.63, 3.8) is 0 Å². The Labute approximate surface area is 94.5 Å². The number of nitrogens with one attached hydrogen (secondary N) is 1. The van der Waals surface area contributed by atoms with Crippen molar-refractivity contribution in [1.82, 2.24) is 9.78 Å². The van der Waals surface area contributed by atoms with Gasteiger partial charge in [0.1, 0.15) is 4.64 Å². The summed E-state index contributed by atoms with van der Waals surface area (Å²) >= 11 is 5.23. The summed E-state index contributed by atoms with van der Waals surface area (Å²) in [6, 6.07) is 10.5. The van der Waals surface area contributed by atoms with Gasteiger partial charge in [-0.2, -0.15) is 0 Å². The molecule has 0 radical (unpaired) electrons. The average Bonchev–Trinajstić information content (AvgIpc) is 2.49. The molecule has 0 saturated carbocycles. The van der Waals surface area contributed by atoms with Crippen LogP contribution in [0, 0.1) is 18.5 Å². The Balaban J connectivity index is 2.25. The minimum atomic E-state index is 0.812. The Bertz CT molecular complexity index is 505. The van der Waals surface area contributed by atoms with E-state index in [0.29, 0.717) is 0 Å². The van der Waals surface area contributed by atoms with Crippen LogP contribution in [0.5, 0.6) is 0 Å². The second-order valence-corrected chi connectivity index (χ2v) is 4.27. The fraction of sp³-hybridized carbons (Fsp3) is 0.250. The lowest BCUT2D eigenvalue weighted by molar-refractivity contribution is 0.671. The monoisotopic (exact) mass is 218 g/mol. The number of aryl methyl sites for hydroxylation is 2. The van der Waals surface area contributed by atoms with E-state index in [0.717, 1.165) is 16.9 Å². The van der Waals surface area contributed by atoms with Gasteiger partial charge < -0.3 is 5.10 Å². The van der Waals surface area contributed by atoms with Crippen molar-refractivity contribution in [2.75, 3.05) is 0 Å². The van der Waals surface area contributed by atoms with Gasteiger partial charge in [-0.3, -0.25) is 4.68 Å². The molecule has 0 unspecified atom stereocenters. The van der Waals surface area contributed by atoms with Gasteiger partial charge in [0.15, 0.2) is 0 Å². The Morgan fingerprint density at radius 3 is 2.40 bits per heavy atom. The highest BCUT2D eigenvalue weighted by Gasteiger charge is 1.97. The molecule has 1 N–H and O–H groups in total. The summed E-state index contributed by atoms with van der Waals surface area (Å²) in [6.45, 7) is 4.92. The van der Waals surface area contributed by atoms with E-state index in [1.54, 1.807) is 0 Å². The van der Waals surface area contributed by atoms with Crippen LogP contribution in [-0.2, 0) is 6.54 Å². The summed E-state index contributed by atoms with van der Waals surface area (Å²) in [7, 11) is 0. The van der Waals surface area contributed by atoms with Crippen LogP contribution in [0.2, 0.25) is 0 Å². The maximum absolute atomic E-state index is 5.23. The molecule has 0 bridgehead atoms. The van der Waals surface area contributed by atoms with Gasteiger partial charge in [-0.15, -0.1) is 0 Å². The summed E-state index contributed by atoms with van der Waals surface area (Å²) in [4.78, 5) is 0. The molecule has 0 aliphatic rings. The quantitative estimate of drug-likeness (QED) is 0.768. The highest BCUT2D eigenvalue weighted by Crippen LogP contribution is 2.06. The van der Waals surface area contributed by atoms with Gasteiger partial charge in [0, 0.05) is 5.69 Å². The molecule has 1 heterocycles. The molecular formula is C12H14N2S. The van der Waals surface area contributed by atoms with Crippen LogP contribution in [0.15, 0.2) is 30.3 Å². The molecular weight excluding hydrogens is 204 g/mol.